The number of nitrogens with one attached hydrogen (secondary N) is 3. The van der Waals surface area contributed by atoms with E-state index in [9.17, 15) is 24.6 Å². The summed E-state index contributed by atoms with van der Waals surface area (Å²) in [6, 6.07) is 11.0. The molecule has 0 saturated heterocycles. The van der Waals surface area contributed by atoms with E-state index < -0.39 is 24.3 Å². The second-order valence-corrected chi connectivity index (χ2v) is 6.99. The topological polar surface area (TPSA) is 169 Å². The van der Waals surface area contributed by atoms with Crippen LogP contribution in [0.25, 0.3) is 0 Å². The van der Waals surface area contributed by atoms with Crippen LogP contribution in [0.3, 0.4) is 0 Å². The molecule has 0 saturated carbocycles. The van der Waals surface area contributed by atoms with Gasteiger partial charge in [-0.3, -0.25) is 19.8 Å². The van der Waals surface area contributed by atoms with Gasteiger partial charge in [0.05, 0.1) is 13.0 Å². The Bertz CT molecular complexity index is 1020. The van der Waals surface area contributed by atoms with Crippen molar-refractivity contribution in [2.24, 2.45) is 5.73 Å². The Hall–Kier alpha value is -3.76. The van der Waals surface area contributed by atoms with Crippen molar-refractivity contribution >= 4 is 34.9 Å². The minimum absolute atomic E-state index is 0.0279. The summed E-state index contributed by atoms with van der Waals surface area (Å²) in [5.41, 5.74) is 7.96. The Morgan fingerprint density at radius 1 is 1.23 bits per heavy atom. The van der Waals surface area contributed by atoms with Crippen molar-refractivity contribution in [3.63, 3.8) is 0 Å². The molecule has 1 heterocycles. The molecular formula is C21H23N5O5. The van der Waals surface area contributed by atoms with Crippen LogP contribution in [0.1, 0.15) is 27.9 Å². The number of nitrogen functional groups attached to an aromatic ring is 1. The van der Waals surface area contributed by atoms with Gasteiger partial charge in [-0.2, -0.15) is 0 Å². The maximum Gasteiger partial charge on any atom is 0.253 e. The molecule has 31 heavy (non-hydrogen) atoms. The first-order chi connectivity index (χ1) is 14.8. The third-order valence-corrected chi connectivity index (χ3v) is 4.84. The molecule has 0 spiro atoms. The first-order valence-corrected chi connectivity index (χ1v) is 9.56. The van der Waals surface area contributed by atoms with Crippen LogP contribution in [-0.2, 0) is 16.1 Å². The van der Waals surface area contributed by atoms with E-state index in [0.29, 0.717) is 29.0 Å². The number of fused-ring (bicyclic) bond motifs is 1. The highest BCUT2D eigenvalue weighted by atomic mass is 16.3. The van der Waals surface area contributed by atoms with E-state index in [2.05, 4.69) is 10.6 Å². The third-order valence-electron chi connectivity index (χ3n) is 4.84. The van der Waals surface area contributed by atoms with E-state index in [1.807, 2.05) is 0 Å². The highest BCUT2D eigenvalue weighted by Gasteiger charge is 2.26. The number of hydrogen-bond acceptors (Lipinski definition) is 6. The van der Waals surface area contributed by atoms with Crippen molar-refractivity contribution < 1.29 is 24.6 Å². The molecule has 7 N–H and O–H groups in total. The van der Waals surface area contributed by atoms with Gasteiger partial charge in [0.1, 0.15) is 11.9 Å². The molecule has 10 heteroatoms. The van der Waals surface area contributed by atoms with E-state index in [1.165, 1.54) is 17.0 Å². The summed E-state index contributed by atoms with van der Waals surface area (Å²) in [5.74, 6) is -1.62. The molecule has 2 aromatic carbocycles. The Balaban J connectivity index is 1.66. The number of anilines is 2. The molecule has 0 aliphatic carbocycles. The molecular weight excluding hydrogens is 402 g/mol. The number of hydrogen-bond donors (Lipinski definition) is 6. The number of benzene rings is 2. The van der Waals surface area contributed by atoms with Gasteiger partial charge in [-0.15, -0.1) is 0 Å². The van der Waals surface area contributed by atoms with Crippen molar-refractivity contribution in [1.82, 2.24) is 5.32 Å². The van der Waals surface area contributed by atoms with Crippen molar-refractivity contribution in [2.45, 2.75) is 19.1 Å². The maximum atomic E-state index is 12.7. The molecule has 0 radical (unpaired) electrons. The summed E-state index contributed by atoms with van der Waals surface area (Å²) in [6.45, 7) is 0.00124. The number of aliphatic hydroxyl groups excluding tert-OH is 2. The Morgan fingerprint density at radius 2 is 1.94 bits per heavy atom. The number of amides is 3. The van der Waals surface area contributed by atoms with Crippen molar-refractivity contribution in [3.8, 4) is 0 Å². The van der Waals surface area contributed by atoms with Gasteiger partial charge in [-0.05, 0) is 48.0 Å². The maximum absolute atomic E-state index is 12.7. The molecule has 2 aromatic rings. The van der Waals surface area contributed by atoms with Gasteiger partial charge in [0, 0.05) is 35.6 Å². The van der Waals surface area contributed by atoms with Gasteiger partial charge in [0.25, 0.3) is 11.8 Å². The van der Waals surface area contributed by atoms with E-state index >= 15 is 0 Å². The molecule has 3 rings (SSSR count). The SMILES string of the molecule is N=C(N)c1ccc(NC(=O)C(O)CC(=O)N(CCO)c2ccc3c(c2)CNC3=O)cc1. The lowest BCUT2D eigenvalue weighted by Gasteiger charge is -2.23. The fourth-order valence-corrected chi connectivity index (χ4v) is 3.21. The highest BCUT2D eigenvalue weighted by molar-refractivity contribution is 6.02. The van der Waals surface area contributed by atoms with Crippen molar-refractivity contribution in [2.75, 3.05) is 23.4 Å². The highest BCUT2D eigenvalue weighted by Crippen LogP contribution is 2.24. The van der Waals surface area contributed by atoms with Gasteiger partial charge in [-0.1, -0.05) is 0 Å². The predicted molar refractivity (Wildman–Crippen MR) is 114 cm³/mol. The Morgan fingerprint density at radius 3 is 2.58 bits per heavy atom. The predicted octanol–water partition coefficient (Wildman–Crippen LogP) is -0.0709. The Kier molecular flexibility index (Phi) is 6.63. The fourth-order valence-electron chi connectivity index (χ4n) is 3.21. The normalized spacial score (nSPS) is 13.2. The van der Waals surface area contributed by atoms with Gasteiger partial charge in [-0.25, -0.2) is 0 Å². The minimum Gasteiger partial charge on any atom is -0.395 e. The molecule has 1 atom stereocenters. The van der Waals surface area contributed by atoms with Crippen LogP contribution in [-0.4, -0.2) is 53.0 Å². The molecule has 1 unspecified atom stereocenters. The number of aliphatic hydroxyl groups is 2. The fraction of sp³-hybridized carbons (Fsp3) is 0.238. The summed E-state index contributed by atoms with van der Waals surface area (Å²) in [7, 11) is 0. The van der Waals surface area contributed by atoms with Crippen LogP contribution in [0.15, 0.2) is 42.5 Å². The molecule has 162 valence electrons. The number of nitrogens with two attached hydrogens (primary N) is 1. The molecule has 0 fully saturated rings. The zero-order valence-electron chi connectivity index (χ0n) is 16.6. The number of amidine groups is 1. The van der Waals surface area contributed by atoms with E-state index in [1.54, 1.807) is 30.3 Å². The van der Waals surface area contributed by atoms with Crippen LogP contribution in [0.4, 0.5) is 11.4 Å². The smallest absolute Gasteiger partial charge is 0.253 e. The second-order valence-electron chi connectivity index (χ2n) is 6.99. The number of rotatable bonds is 8. The molecule has 10 nitrogen and oxygen atoms in total. The third kappa shape index (κ3) is 5.05. The van der Waals surface area contributed by atoms with Gasteiger partial charge < -0.3 is 31.5 Å². The summed E-state index contributed by atoms with van der Waals surface area (Å²) >= 11 is 0. The molecule has 0 aromatic heterocycles. The first-order valence-electron chi connectivity index (χ1n) is 9.56. The van der Waals surface area contributed by atoms with Crippen LogP contribution in [0.5, 0.6) is 0 Å². The standard InChI is InChI=1S/C21H23N5O5/c22-19(23)12-1-3-14(4-2-12)25-21(31)17(28)10-18(29)26(7-8-27)15-5-6-16-13(9-15)11-24-20(16)30/h1-6,9,17,27-28H,7-8,10-11H2,(H3,22,23)(H,24,30)(H,25,31). The Labute approximate surface area is 178 Å². The summed E-state index contributed by atoms with van der Waals surface area (Å²) in [5, 5.41) is 32.1. The summed E-state index contributed by atoms with van der Waals surface area (Å²) in [6.07, 6.45) is -2.11. The van der Waals surface area contributed by atoms with Gasteiger partial charge in [0.15, 0.2) is 0 Å². The molecule has 1 aliphatic heterocycles. The van der Waals surface area contributed by atoms with E-state index in [0.717, 1.165) is 5.56 Å². The molecule has 3 amide bonds. The summed E-state index contributed by atoms with van der Waals surface area (Å²) in [4.78, 5) is 38.0. The lowest BCUT2D eigenvalue weighted by atomic mass is 10.1. The van der Waals surface area contributed by atoms with E-state index in [-0.39, 0.29) is 24.9 Å². The van der Waals surface area contributed by atoms with Gasteiger partial charge in [0.2, 0.25) is 5.91 Å². The lowest BCUT2D eigenvalue weighted by Crippen LogP contribution is -2.39. The van der Waals surface area contributed by atoms with Crippen LogP contribution >= 0.6 is 0 Å². The summed E-state index contributed by atoms with van der Waals surface area (Å²) < 4.78 is 0. The first kappa shape index (κ1) is 21.9. The van der Waals surface area contributed by atoms with Crippen LogP contribution < -0.4 is 21.3 Å². The zero-order chi connectivity index (χ0) is 22.5. The number of carbonyl (C=O) groups excluding carboxylic acids is 3. The number of nitrogens with zero attached hydrogens (tertiary/aromatic N) is 1. The minimum atomic E-state index is -1.61. The van der Waals surface area contributed by atoms with Gasteiger partial charge >= 0.3 is 0 Å². The molecule has 1 aliphatic rings. The van der Waals surface area contributed by atoms with Crippen LogP contribution in [0.2, 0.25) is 0 Å². The quantitative estimate of drug-likeness (QED) is 0.255. The average Bonchev–Trinajstić information content (AvgIpc) is 3.12. The number of carbonyl (C=O) groups is 3. The monoisotopic (exact) mass is 425 g/mol. The molecule has 0 bridgehead atoms. The second kappa shape index (κ2) is 9.37. The van der Waals surface area contributed by atoms with E-state index in [4.69, 9.17) is 11.1 Å². The van der Waals surface area contributed by atoms with Crippen molar-refractivity contribution in [3.05, 3.63) is 59.2 Å². The van der Waals surface area contributed by atoms with Crippen molar-refractivity contribution in [1.29, 1.82) is 5.41 Å². The average molecular weight is 425 g/mol. The zero-order valence-corrected chi connectivity index (χ0v) is 16.6. The van der Waals surface area contributed by atoms with Crippen LogP contribution in [0, 0.1) is 5.41 Å². The largest absolute Gasteiger partial charge is 0.395 e. The lowest BCUT2D eigenvalue weighted by molar-refractivity contribution is -0.129.